The van der Waals surface area contributed by atoms with Crippen molar-refractivity contribution in [1.82, 2.24) is 4.98 Å². The molecule has 0 unspecified atom stereocenters. The van der Waals surface area contributed by atoms with Gasteiger partial charge >= 0.3 is 0 Å². The van der Waals surface area contributed by atoms with Gasteiger partial charge in [-0.1, -0.05) is 0 Å². The molecule has 2 aromatic rings. The van der Waals surface area contributed by atoms with Crippen molar-refractivity contribution < 1.29 is 4.92 Å². The normalized spacial score (nSPS) is 10.5. The molecule has 0 atom stereocenters. The first-order chi connectivity index (χ1) is 8.90. The third-order valence-corrected chi connectivity index (χ3v) is 2.88. The molecule has 0 radical (unpaired) electrons. The minimum atomic E-state index is -0.390. The van der Waals surface area contributed by atoms with E-state index in [4.69, 9.17) is 0 Å². The van der Waals surface area contributed by atoms with Crippen LogP contribution < -0.4 is 9.80 Å². The third kappa shape index (κ3) is 2.42. The summed E-state index contributed by atoms with van der Waals surface area (Å²) in [6, 6.07) is 6.76. The molecule has 0 bridgehead atoms. The highest BCUT2D eigenvalue weighted by molar-refractivity contribution is 5.95. The van der Waals surface area contributed by atoms with E-state index in [1.54, 1.807) is 12.1 Å². The zero-order chi connectivity index (χ0) is 14.2. The minimum Gasteiger partial charge on any atom is -0.363 e. The van der Waals surface area contributed by atoms with Gasteiger partial charge in [0.1, 0.15) is 11.6 Å². The largest absolute Gasteiger partial charge is 0.363 e. The maximum Gasteiger partial charge on any atom is 0.270 e. The number of hydrogen-bond donors (Lipinski definition) is 0. The van der Waals surface area contributed by atoms with E-state index >= 15 is 0 Å². The summed E-state index contributed by atoms with van der Waals surface area (Å²) in [6.07, 6.45) is 0. The van der Waals surface area contributed by atoms with Gasteiger partial charge in [0.05, 0.1) is 4.92 Å². The fraction of sp³-hybridized carbons (Fsp3) is 0.308. The monoisotopic (exact) mass is 260 g/mol. The summed E-state index contributed by atoms with van der Waals surface area (Å²) in [5.41, 5.74) is 0.0787. The van der Waals surface area contributed by atoms with Crippen LogP contribution in [0.2, 0.25) is 0 Å². The van der Waals surface area contributed by atoms with Crippen molar-refractivity contribution in [2.24, 2.45) is 0 Å². The number of fused-ring (bicyclic) bond motifs is 1. The maximum absolute atomic E-state index is 10.9. The molecule has 0 fully saturated rings. The third-order valence-electron chi connectivity index (χ3n) is 2.88. The highest BCUT2D eigenvalue weighted by atomic mass is 16.6. The lowest BCUT2D eigenvalue weighted by Gasteiger charge is -2.19. The quantitative estimate of drug-likeness (QED) is 0.625. The molecule has 0 aliphatic carbocycles. The molecule has 1 aromatic carbocycles. The van der Waals surface area contributed by atoms with E-state index < -0.39 is 4.92 Å². The molecule has 0 spiro atoms. The molecular weight excluding hydrogens is 244 g/mol. The number of nitro benzene ring substituents is 1. The molecule has 19 heavy (non-hydrogen) atoms. The summed E-state index contributed by atoms with van der Waals surface area (Å²) in [6.45, 7) is 0. The van der Waals surface area contributed by atoms with Crippen molar-refractivity contribution in [2.75, 3.05) is 38.0 Å². The van der Waals surface area contributed by atoms with Gasteiger partial charge in [-0.15, -0.1) is 0 Å². The molecule has 0 aliphatic heterocycles. The van der Waals surface area contributed by atoms with Crippen LogP contribution in [0.5, 0.6) is 0 Å². The number of nitrogens with zero attached hydrogens (tertiary/aromatic N) is 4. The Bertz CT molecular complexity index is 638. The minimum absolute atomic E-state index is 0.0787. The molecule has 0 N–H and O–H groups in total. The lowest BCUT2D eigenvalue weighted by atomic mass is 10.1. The average molecular weight is 260 g/mol. The molecule has 0 aliphatic rings. The van der Waals surface area contributed by atoms with Gasteiger partial charge in [0, 0.05) is 45.7 Å². The molecule has 6 nitrogen and oxygen atoms in total. The number of anilines is 2. The Morgan fingerprint density at radius 1 is 1.11 bits per heavy atom. The summed E-state index contributed by atoms with van der Waals surface area (Å²) < 4.78 is 0. The van der Waals surface area contributed by atoms with Gasteiger partial charge in [0.15, 0.2) is 0 Å². The maximum atomic E-state index is 10.9. The zero-order valence-electron chi connectivity index (χ0n) is 11.4. The van der Waals surface area contributed by atoms with E-state index in [9.17, 15) is 10.1 Å². The van der Waals surface area contributed by atoms with Crippen LogP contribution in [0.15, 0.2) is 24.3 Å². The number of nitro groups is 1. The first-order valence-electron chi connectivity index (χ1n) is 5.84. The highest BCUT2D eigenvalue weighted by Gasteiger charge is 2.13. The Balaban J connectivity index is 2.76. The summed E-state index contributed by atoms with van der Waals surface area (Å²) in [7, 11) is 7.58. The molecule has 6 heteroatoms. The Morgan fingerprint density at radius 3 is 2.32 bits per heavy atom. The van der Waals surface area contributed by atoms with Gasteiger partial charge in [-0.2, -0.15) is 0 Å². The molecular formula is C13H16N4O2. The Hall–Kier alpha value is -2.37. The highest BCUT2D eigenvalue weighted by Crippen LogP contribution is 2.30. The standard InChI is InChI=1S/C13H16N4O2/c1-15(2)12-7-9-5-6-10(17(18)19)8-11(9)13(14-12)16(3)4/h5-8H,1-4H3. The van der Waals surface area contributed by atoms with Crippen molar-refractivity contribution in [3.8, 4) is 0 Å². The molecule has 1 heterocycles. The number of non-ortho nitro benzene ring substituents is 1. The zero-order valence-corrected chi connectivity index (χ0v) is 11.4. The van der Waals surface area contributed by atoms with Gasteiger partial charge in [0.2, 0.25) is 0 Å². The van der Waals surface area contributed by atoms with Crippen molar-refractivity contribution in [1.29, 1.82) is 0 Å². The van der Waals surface area contributed by atoms with Crippen LogP contribution in [0.25, 0.3) is 10.8 Å². The number of benzene rings is 1. The van der Waals surface area contributed by atoms with Crippen LogP contribution in [0.3, 0.4) is 0 Å². The summed E-state index contributed by atoms with van der Waals surface area (Å²) in [4.78, 5) is 18.8. The lowest BCUT2D eigenvalue weighted by molar-refractivity contribution is -0.384. The van der Waals surface area contributed by atoms with Crippen LogP contribution in [0, 0.1) is 10.1 Å². The van der Waals surface area contributed by atoms with Crippen molar-refractivity contribution in [3.63, 3.8) is 0 Å². The topological polar surface area (TPSA) is 62.5 Å². The van der Waals surface area contributed by atoms with Crippen LogP contribution in [-0.2, 0) is 0 Å². The number of rotatable bonds is 3. The SMILES string of the molecule is CN(C)c1cc2ccc([N+](=O)[O-])cc2c(N(C)C)n1. The van der Waals surface area contributed by atoms with E-state index in [-0.39, 0.29) is 5.69 Å². The van der Waals surface area contributed by atoms with E-state index in [1.165, 1.54) is 6.07 Å². The Kier molecular flexibility index (Phi) is 3.25. The first-order valence-corrected chi connectivity index (χ1v) is 5.84. The number of hydrogen-bond acceptors (Lipinski definition) is 5. The smallest absolute Gasteiger partial charge is 0.270 e. The van der Waals surface area contributed by atoms with Gasteiger partial charge < -0.3 is 9.80 Å². The second-order valence-electron chi connectivity index (χ2n) is 4.76. The molecule has 0 amide bonds. The van der Waals surface area contributed by atoms with Crippen molar-refractivity contribution >= 4 is 28.1 Å². The predicted molar refractivity (Wildman–Crippen MR) is 77.1 cm³/mol. The number of pyridine rings is 1. The molecule has 2 rings (SSSR count). The average Bonchev–Trinajstić information content (AvgIpc) is 2.36. The molecule has 0 saturated heterocycles. The van der Waals surface area contributed by atoms with E-state index in [2.05, 4.69) is 4.98 Å². The van der Waals surface area contributed by atoms with Crippen LogP contribution in [-0.4, -0.2) is 38.1 Å². The van der Waals surface area contributed by atoms with E-state index in [0.29, 0.717) is 0 Å². The fourth-order valence-corrected chi connectivity index (χ4v) is 1.89. The Labute approximate surface area is 111 Å². The van der Waals surface area contributed by atoms with Gasteiger partial charge in [0.25, 0.3) is 5.69 Å². The summed E-state index contributed by atoms with van der Waals surface area (Å²) in [5, 5.41) is 12.6. The van der Waals surface area contributed by atoms with Crippen molar-refractivity contribution in [3.05, 3.63) is 34.4 Å². The lowest BCUT2D eigenvalue weighted by Crippen LogP contribution is -2.16. The summed E-state index contributed by atoms with van der Waals surface area (Å²) >= 11 is 0. The molecule has 0 saturated carbocycles. The predicted octanol–water partition coefficient (Wildman–Crippen LogP) is 2.28. The van der Waals surface area contributed by atoms with Gasteiger partial charge in [-0.25, -0.2) is 4.98 Å². The van der Waals surface area contributed by atoms with Gasteiger partial charge in [-0.05, 0) is 17.5 Å². The van der Waals surface area contributed by atoms with Crippen LogP contribution in [0.1, 0.15) is 0 Å². The van der Waals surface area contributed by atoms with Crippen molar-refractivity contribution in [2.45, 2.75) is 0 Å². The fourth-order valence-electron chi connectivity index (χ4n) is 1.89. The van der Waals surface area contributed by atoms with Crippen LogP contribution in [0.4, 0.5) is 17.3 Å². The van der Waals surface area contributed by atoms with E-state index in [1.807, 2.05) is 44.1 Å². The second kappa shape index (κ2) is 4.72. The van der Waals surface area contributed by atoms with Crippen LogP contribution >= 0.6 is 0 Å². The molecule has 1 aromatic heterocycles. The van der Waals surface area contributed by atoms with E-state index in [0.717, 1.165) is 22.4 Å². The Morgan fingerprint density at radius 2 is 1.79 bits per heavy atom. The number of aromatic nitrogens is 1. The first kappa shape index (κ1) is 13.1. The van der Waals surface area contributed by atoms with Gasteiger partial charge in [-0.3, -0.25) is 10.1 Å². The summed E-state index contributed by atoms with van der Waals surface area (Å²) in [5.74, 6) is 1.55. The second-order valence-corrected chi connectivity index (χ2v) is 4.76. The molecule has 100 valence electrons.